The van der Waals surface area contributed by atoms with Crippen LogP contribution in [0.4, 0.5) is 5.00 Å². The number of nitrogens with one attached hydrogen (secondary N) is 1. The van der Waals surface area contributed by atoms with Crippen LogP contribution in [-0.4, -0.2) is 34.7 Å². The van der Waals surface area contributed by atoms with Crippen molar-refractivity contribution in [1.29, 1.82) is 0 Å². The molecule has 0 radical (unpaired) electrons. The zero-order chi connectivity index (χ0) is 14.4. The number of pyridine rings is 1. The molecule has 0 aliphatic carbocycles. The van der Waals surface area contributed by atoms with Gasteiger partial charge >= 0.3 is 0 Å². The van der Waals surface area contributed by atoms with E-state index < -0.39 is 10.0 Å². The minimum atomic E-state index is -3.74. The van der Waals surface area contributed by atoms with Crippen molar-refractivity contribution >= 4 is 26.6 Å². The van der Waals surface area contributed by atoms with Crippen LogP contribution in [0.1, 0.15) is 12.0 Å². The molecule has 0 amide bonds. The van der Waals surface area contributed by atoms with Crippen molar-refractivity contribution in [1.82, 2.24) is 14.6 Å². The summed E-state index contributed by atoms with van der Waals surface area (Å²) < 4.78 is 30.1. The molecule has 7 nitrogen and oxygen atoms in total. The monoisotopic (exact) mass is 310 g/mol. The summed E-state index contributed by atoms with van der Waals surface area (Å²) in [6.45, 7) is -0.0433. The van der Waals surface area contributed by atoms with E-state index in [1.807, 2.05) is 0 Å². The number of aromatic nitrogens is 3. The van der Waals surface area contributed by atoms with Crippen LogP contribution in [0.15, 0.2) is 29.6 Å². The van der Waals surface area contributed by atoms with E-state index in [1.165, 1.54) is 24.7 Å². The summed E-state index contributed by atoms with van der Waals surface area (Å²) in [5.41, 5.74) is 0.462. The first-order chi connectivity index (χ1) is 9.62. The van der Waals surface area contributed by atoms with Gasteiger partial charge in [0, 0.05) is 35.9 Å². The summed E-state index contributed by atoms with van der Waals surface area (Å²) in [7, 11) is -3.74. The van der Waals surface area contributed by atoms with Crippen LogP contribution >= 0.6 is 11.5 Å². The Kier molecular flexibility index (Phi) is 4.62. The number of rotatable bonds is 4. The second-order valence-electron chi connectivity index (χ2n) is 3.57. The molecule has 0 unspecified atom stereocenters. The van der Waals surface area contributed by atoms with Crippen molar-refractivity contribution in [3.63, 3.8) is 0 Å². The fraction of sp³-hybridized carbons (Fsp3) is 0.182. The molecule has 0 atom stereocenters. The topological polar surface area (TPSA) is 105 Å². The standard InChI is InChI=1S/C11H10N4O3S2/c16-4-2-1-3-9-5-10(7-12-6-9)20(17,18)14-11-8-13-15-19-11/h5-8,14,16H,2,4H2. The van der Waals surface area contributed by atoms with E-state index in [0.717, 1.165) is 11.5 Å². The number of hydrogen-bond acceptors (Lipinski definition) is 7. The molecule has 0 aliphatic heterocycles. The van der Waals surface area contributed by atoms with Gasteiger partial charge in [0.15, 0.2) is 0 Å². The lowest BCUT2D eigenvalue weighted by Gasteiger charge is -2.04. The van der Waals surface area contributed by atoms with Crippen LogP contribution in [0.3, 0.4) is 0 Å². The van der Waals surface area contributed by atoms with Gasteiger partial charge < -0.3 is 5.11 Å². The third-order valence-corrected chi connectivity index (χ3v) is 4.13. The zero-order valence-electron chi connectivity index (χ0n) is 10.1. The first kappa shape index (κ1) is 14.4. The van der Waals surface area contributed by atoms with Crippen molar-refractivity contribution in [3.8, 4) is 11.8 Å². The highest BCUT2D eigenvalue weighted by molar-refractivity contribution is 7.93. The second kappa shape index (κ2) is 6.42. The molecule has 0 fully saturated rings. The van der Waals surface area contributed by atoms with Gasteiger partial charge in [0.05, 0.1) is 12.8 Å². The summed E-state index contributed by atoms with van der Waals surface area (Å²) >= 11 is 0.938. The fourth-order valence-corrected chi connectivity index (χ4v) is 2.93. The van der Waals surface area contributed by atoms with E-state index in [2.05, 4.69) is 31.1 Å². The van der Waals surface area contributed by atoms with E-state index in [-0.39, 0.29) is 11.5 Å². The summed E-state index contributed by atoms with van der Waals surface area (Å²) in [4.78, 5) is 3.85. The van der Waals surface area contributed by atoms with Crippen LogP contribution in [0.25, 0.3) is 0 Å². The third kappa shape index (κ3) is 3.74. The average Bonchev–Trinajstić information content (AvgIpc) is 2.92. The van der Waals surface area contributed by atoms with Crippen LogP contribution < -0.4 is 4.72 Å². The summed E-state index contributed by atoms with van der Waals surface area (Å²) in [6.07, 6.45) is 4.33. The van der Waals surface area contributed by atoms with Crippen molar-refractivity contribution in [3.05, 3.63) is 30.2 Å². The van der Waals surface area contributed by atoms with Gasteiger partial charge in [-0.15, -0.1) is 5.10 Å². The Labute approximate surface area is 119 Å². The number of aliphatic hydroxyl groups is 1. The zero-order valence-corrected chi connectivity index (χ0v) is 11.8. The highest BCUT2D eigenvalue weighted by Crippen LogP contribution is 2.17. The molecule has 2 aromatic heterocycles. The van der Waals surface area contributed by atoms with Crippen molar-refractivity contribution in [2.45, 2.75) is 11.3 Å². The number of nitrogens with zero attached hydrogens (tertiary/aromatic N) is 3. The highest BCUT2D eigenvalue weighted by atomic mass is 32.2. The van der Waals surface area contributed by atoms with E-state index in [0.29, 0.717) is 17.0 Å². The lowest BCUT2D eigenvalue weighted by atomic mass is 10.3. The number of hydrogen-bond donors (Lipinski definition) is 2. The molecule has 0 aromatic carbocycles. The largest absolute Gasteiger partial charge is 0.395 e. The Balaban J connectivity index is 2.24. The Bertz CT molecular complexity index is 733. The smallest absolute Gasteiger partial charge is 0.264 e. The fourth-order valence-electron chi connectivity index (χ4n) is 1.26. The molecule has 0 bridgehead atoms. The highest BCUT2D eigenvalue weighted by Gasteiger charge is 2.16. The molecule has 20 heavy (non-hydrogen) atoms. The van der Waals surface area contributed by atoms with Gasteiger partial charge in [-0.25, -0.2) is 8.42 Å². The number of aliphatic hydroxyl groups excluding tert-OH is 1. The first-order valence-corrected chi connectivity index (χ1v) is 7.72. The number of sulfonamides is 1. The molecule has 2 aromatic rings. The molecule has 2 heterocycles. The SMILES string of the molecule is O=S(=O)(Nc1cnns1)c1cncc(C#CCCO)c1. The summed E-state index contributed by atoms with van der Waals surface area (Å²) in [5, 5.41) is 12.5. The van der Waals surface area contributed by atoms with Crippen LogP contribution in [-0.2, 0) is 10.0 Å². The van der Waals surface area contributed by atoms with Gasteiger partial charge in [-0.3, -0.25) is 9.71 Å². The van der Waals surface area contributed by atoms with Crippen molar-refractivity contribution < 1.29 is 13.5 Å². The van der Waals surface area contributed by atoms with E-state index >= 15 is 0 Å². The lowest BCUT2D eigenvalue weighted by molar-refractivity contribution is 0.305. The van der Waals surface area contributed by atoms with E-state index in [9.17, 15) is 8.42 Å². The van der Waals surface area contributed by atoms with Crippen LogP contribution in [0, 0.1) is 11.8 Å². The molecule has 0 spiro atoms. The maximum absolute atomic E-state index is 12.1. The quantitative estimate of drug-likeness (QED) is 0.795. The molecular weight excluding hydrogens is 300 g/mol. The van der Waals surface area contributed by atoms with Crippen molar-refractivity contribution in [2.75, 3.05) is 11.3 Å². The van der Waals surface area contributed by atoms with Crippen molar-refractivity contribution in [2.24, 2.45) is 0 Å². The van der Waals surface area contributed by atoms with Gasteiger partial charge in [-0.05, 0) is 6.07 Å². The summed E-state index contributed by atoms with van der Waals surface area (Å²) in [5.74, 6) is 5.43. The Morgan fingerprint density at radius 2 is 2.20 bits per heavy atom. The van der Waals surface area contributed by atoms with Crippen LogP contribution in [0.2, 0.25) is 0 Å². The van der Waals surface area contributed by atoms with Crippen LogP contribution in [0.5, 0.6) is 0 Å². The minimum absolute atomic E-state index is 0.00157. The maximum Gasteiger partial charge on any atom is 0.264 e. The minimum Gasteiger partial charge on any atom is -0.395 e. The molecule has 0 saturated carbocycles. The van der Waals surface area contributed by atoms with Gasteiger partial charge in [0.1, 0.15) is 9.90 Å². The predicted molar refractivity (Wildman–Crippen MR) is 73.5 cm³/mol. The molecule has 0 saturated heterocycles. The Morgan fingerprint density at radius 3 is 2.90 bits per heavy atom. The number of anilines is 1. The van der Waals surface area contributed by atoms with Gasteiger partial charge in [-0.2, -0.15) is 0 Å². The second-order valence-corrected chi connectivity index (χ2v) is 6.04. The Hall–Kier alpha value is -2.02. The molecular formula is C11H10N4O3S2. The predicted octanol–water partition coefficient (Wildman–Crippen LogP) is 0.468. The Morgan fingerprint density at radius 1 is 1.35 bits per heavy atom. The van der Waals surface area contributed by atoms with Gasteiger partial charge in [0.2, 0.25) is 0 Å². The first-order valence-electron chi connectivity index (χ1n) is 5.47. The summed E-state index contributed by atoms with van der Waals surface area (Å²) in [6, 6.07) is 1.41. The molecule has 2 rings (SSSR count). The normalized spacial score (nSPS) is 10.7. The third-order valence-electron chi connectivity index (χ3n) is 2.09. The van der Waals surface area contributed by atoms with Gasteiger partial charge in [0.25, 0.3) is 10.0 Å². The maximum atomic E-state index is 12.1. The average molecular weight is 310 g/mol. The molecule has 0 aliphatic rings. The molecule has 9 heteroatoms. The van der Waals surface area contributed by atoms with E-state index in [4.69, 9.17) is 5.11 Å². The van der Waals surface area contributed by atoms with Gasteiger partial charge in [-0.1, -0.05) is 16.3 Å². The lowest BCUT2D eigenvalue weighted by Crippen LogP contribution is -2.12. The molecule has 2 N–H and O–H groups in total. The van der Waals surface area contributed by atoms with E-state index in [1.54, 1.807) is 0 Å². The molecule has 104 valence electrons.